The Balaban J connectivity index is 2.16. The van der Waals surface area contributed by atoms with Gasteiger partial charge in [0.05, 0.1) is 17.6 Å². The van der Waals surface area contributed by atoms with E-state index in [9.17, 15) is 4.79 Å². The lowest BCUT2D eigenvalue weighted by Gasteiger charge is -2.03. The number of hydrogen-bond acceptors (Lipinski definition) is 3. The van der Waals surface area contributed by atoms with E-state index in [4.69, 9.17) is 5.73 Å². The number of rotatable bonds is 4. The highest BCUT2D eigenvalue weighted by molar-refractivity contribution is 5.78. The number of aromatic amines is 1. The Bertz CT molecular complexity index is 532. The van der Waals surface area contributed by atoms with Crippen LogP contribution in [0.25, 0.3) is 11.0 Å². The van der Waals surface area contributed by atoms with Gasteiger partial charge < -0.3 is 16.0 Å². The van der Waals surface area contributed by atoms with E-state index < -0.39 is 0 Å². The maximum absolute atomic E-state index is 11.0. The number of benzene rings is 1. The van der Waals surface area contributed by atoms with Gasteiger partial charge in [-0.15, -0.1) is 0 Å². The van der Waals surface area contributed by atoms with Crippen LogP contribution in [-0.4, -0.2) is 22.4 Å². The molecule has 1 aromatic carbocycles. The average molecular weight is 232 g/mol. The summed E-state index contributed by atoms with van der Waals surface area (Å²) in [5.41, 5.74) is 8.21. The van der Waals surface area contributed by atoms with Crippen molar-refractivity contribution < 1.29 is 4.79 Å². The molecule has 0 atom stereocenters. The molecule has 1 aromatic heterocycles. The van der Waals surface area contributed by atoms with E-state index >= 15 is 0 Å². The smallest absolute Gasteiger partial charge is 0.234 e. The molecule has 0 radical (unpaired) electrons. The summed E-state index contributed by atoms with van der Waals surface area (Å²) in [4.78, 5) is 18.7. The van der Waals surface area contributed by atoms with Gasteiger partial charge in [0, 0.05) is 13.0 Å². The Kier molecular flexibility index (Phi) is 3.39. The summed E-state index contributed by atoms with van der Waals surface area (Å²) in [6.45, 7) is 2.57. The SMILES string of the molecule is CCc1nc2ccc(CNC(=O)CN)cc2[nH]1. The predicted octanol–water partition coefficient (Wildman–Crippen LogP) is 0.700. The summed E-state index contributed by atoms with van der Waals surface area (Å²) in [6.07, 6.45) is 0.883. The molecular formula is C12H16N4O. The molecule has 0 saturated carbocycles. The van der Waals surface area contributed by atoms with Gasteiger partial charge in [-0.05, 0) is 17.7 Å². The summed E-state index contributed by atoms with van der Waals surface area (Å²) >= 11 is 0. The van der Waals surface area contributed by atoms with Crippen molar-refractivity contribution in [3.05, 3.63) is 29.6 Å². The first-order valence-corrected chi connectivity index (χ1v) is 5.67. The first kappa shape index (κ1) is 11.6. The minimum atomic E-state index is -0.149. The third-order valence-electron chi connectivity index (χ3n) is 2.61. The maximum atomic E-state index is 11.0. The molecule has 5 nitrogen and oxygen atoms in total. The minimum absolute atomic E-state index is 0.0201. The van der Waals surface area contributed by atoms with Crippen molar-refractivity contribution in [2.75, 3.05) is 6.54 Å². The molecule has 0 bridgehead atoms. The lowest BCUT2D eigenvalue weighted by atomic mass is 10.2. The number of hydrogen-bond donors (Lipinski definition) is 3. The molecule has 0 aliphatic rings. The Morgan fingerprint density at radius 1 is 1.53 bits per heavy atom. The maximum Gasteiger partial charge on any atom is 0.234 e. The molecule has 17 heavy (non-hydrogen) atoms. The normalized spacial score (nSPS) is 10.7. The molecular weight excluding hydrogens is 216 g/mol. The summed E-state index contributed by atoms with van der Waals surface area (Å²) < 4.78 is 0. The molecule has 0 aliphatic heterocycles. The van der Waals surface area contributed by atoms with Gasteiger partial charge in [0.25, 0.3) is 0 Å². The Morgan fingerprint density at radius 3 is 3.06 bits per heavy atom. The third kappa shape index (κ3) is 2.62. The molecule has 2 aromatic rings. The molecule has 1 heterocycles. The van der Waals surface area contributed by atoms with Gasteiger partial charge in [-0.1, -0.05) is 13.0 Å². The van der Waals surface area contributed by atoms with Crippen molar-refractivity contribution in [1.29, 1.82) is 0 Å². The molecule has 0 fully saturated rings. The molecule has 0 spiro atoms. The number of fused-ring (bicyclic) bond motifs is 1. The Labute approximate surface area is 99.4 Å². The standard InChI is InChI=1S/C12H16N4O/c1-2-11-15-9-4-3-8(5-10(9)16-11)7-14-12(17)6-13/h3-5H,2,6-7,13H2,1H3,(H,14,17)(H,15,16). The zero-order valence-corrected chi connectivity index (χ0v) is 9.79. The van der Waals surface area contributed by atoms with E-state index in [1.54, 1.807) is 0 Å². The first-order chi connectivity index (χ1) is 8.22. The van der Waals surface area contributed by atoms with E-state index in [0.29, 0.717) is 6.54 Å². The van der Waals surface area contributed by atoms with Crippen molar-refractivity contribution in [2.45, 2.75) is 19.9 Å². The summed E-state index contributed by atoms with van der Waals surface area (Å²) in [5.74, 6) is 0.826. The van der Waals surface area contributed by atoms with Crippen LogP contribution in [0.15, 0.2) is 18.2 Å². The molecule has 0 saturated heterocycles. The summed E-state index contributed by atoms with van der Waals surface area (Å²) in [5, 5.41) is 2.74. The Hall–Kier alpha value is -1.88. The molecule has 4 N–H and O–H groups in total. The largest absolute Gasteiger partial charge is 0.351 e. The van der Waals surface area contributed by atoms with Gasteiger partial charge in [0.1, 0.15) is 5.82 Å². The third-order valence-corrected chi connectivity index (χ3v) is 2.61. The highest BCUT2D eigenvalue weighted by atomic mass is 16.1. The number of carbonyl (C=O) groups excluding carboxylic acids is 1. The van der Waals surface area contributed by atoms with Crippen molar-refractivity contribution in [1.82, 2.24) is 15.3 Å². The van der Waals surface area contributed by atoms with Crippen molar-refractivity contribution >= 4 is 16.9 Å². The van der Waals surface area contributed by atoms with Crippen LogP contribution >= 0.6 is 0 Å². The monoisotopic (exact) mass is 232 g/mol. The van der Waals surface area contributed by atoms with Crippen molar-refractivity contribution in [3.63, 3.8) is 0 Å². The van der Waals surface area contributed by atoms with Crippen molar-refractivity contribution in [2.24, 2.45) is 5.73 Å². The van der Waals surface area contributed by atoms with Crippen LogP contribution in [-0.2, 0) is 17.8 Å². The number of amides is 1. The van der Waals surface area contributed by atoms with Crippen LogP contribution < -0.4 is 11.1 Å². The molecule has 1 amide bonds. The number of nitrogens with one attached hydrogen (secondary N) is 2. The lowest BCUT2D eigenvalue weighted by Crippen LogP contribution is -2.29. The van der Waals surface area contributed by atoms with Crippen LogP contribution in [0.5, 0.6) is 0 Å². The van der Waals surface area contributed by atoms with Crippen LogP contribution in [0.3, 0.4) is 0 Å². The molecule has 90 valence electrons. The van der Waals surface area contributed by atoms with Gasteiger partial charge in [0.2, 0.25) is 5.91 Å². The number of H-pyrrole nitrogens is 1. The highest BCUT2D eigenvalue weighted by Gasteiger charge is 2.03. The molecule has 0 unspecified atom stereocenters. The second-order valence-electron chi connectivity index (χ2n) is 3.87. The first-order valence-electron chi connectivity index (χ1n) is 5.67. The number of nitrogens with two attached hydrogens (primary N) is 1. The fourth-order valence-electron chi connectivity index (χ4n) is 1.66. The number of carbonyl (C=O) groups is 1. The van der Waals surface area contributed by atoms with Gasteiger partial charge in [-0.2, -0.15) is 0 Å². The zero-order valence-electron chi connectivity index (χ0n) is 9.79. The number of imidazole rings is 1. The average Bonchev–Trinajstić information content (AvgIpc) is 2.77. The van der Waals surface area contributed by atoms with E-state index in [1.807, 2.05) is 18.2 Å². The second-order valence-corrected chi connectivity index (χ2v) is 3.87. The molecule has 2 rings (SSSR count). The van der Waals surface area contributed by atoms with Crippen LogP contribution in [0.2, 0.25) is 0 Å². The van der Waals surface area contributed by atoms with Gasteiger partial charge in [-0.25, -0.2) is 4.98 Å². The number of nitrogens with zero attached hydrogens (tertiary/aromatic N) is 1. The van der Waals surface area contributed by atoms with E-state index in [1.165, 1.54) is 0 Å². The fourth-order valence-corrected chi connectivity index (χ4v) is 1.66. The van der Waals surface area contributed by atoms with Gasteiger partial charge in [-0.3, -0.25) is 4.79 Å². The minimum Gasteiger partial charge on any atom is -0.351 e. The summed E-state index contributed by atoms with van der Waals surface area (Å²) in [7, 11) is 0. The van der Waals surface area contributed by atoms with Gasteiger partial charge >= 0.3 is 0 Å². The fraction of sp³-hybridized carbons (Fsp3) is 0.333. The van der Waals surface area contributed by atoms with E-state index in [-0.39, 0.29) is 12.5 Å². The zero-order chi connectivity index (χ0) is 12.3. The quantitative estimate of drug-likeness (QED) is 0.725. The topological polar surface area (TPSA) is 83.8 Å². The Morgan fingerprint density at radius 2 is 2.35 bits per heavy atom. The van der Waals surface area contributed by atoms with Gasteiger partial charge in [0.15, 0.2) is 0 Å². The lowest BCUT2D eigenvalue weighted by molar-refractivity contribution is -0.119. The second kappa shape index (κ2) is 4.97. The molecule has 0 aliphatic carbocycles. The highest BCUT2D eigenvalue weighted by Crippen LogP contribution is 2.14. The molecule has 5 heteroatoms. The van der Waals surface area contributed by atoms with Crippen LogP contribution in [0, 0.1) is 0 Å². The van der Waals surface area contributed by atoms with E-state index in [2.05, 4.69) is 22.2 Å². The van der Waals surface area contributed by atoms with Crippen molar-refractivity contribution in [3.8, 4) is 0 Å². The number of aryl methyl sites for hydroxylation is 1. The van der Waals surface area contributed by atoms with Crippen LogP contribution in [0.4, 0.5) is 0 Å². The summed E-state index contributed by atoms with van der Waals surface area (Å²) in [6, 6.07) is 5.91. The van der Waals surface area contributed by atoms with Crippen LogP contribution in [0.1, 0.15) is 18.3 Å². The predicted molar refractivity (Wildman–Crippen MR) is 66.4 cm³/mol. The van der Waals surface area contributed by atoms with E-state index in [0.717, 1.165) is 28.8 Å². The number of aromatic nitrogens is 2.